The van der Waals surface area contributed by atoms with Gasteiger partial charge in [0.15, 0.2) is 0 Å². The molecule has 0 bridgehead atoms. The minimum absolute atomic E-state index is 0.153. The summed E-state index contributed by atoms with van der Waals surface area (Å²) >= 11 is 1.39. The number of amides is 2. The van der Waals surface area contributed by atoms with E-state index in [1.54, 1.807) is 19.2 Å². The van der Waals surface area contributed by atoms with Crippen LogP contribution in [-0.4, -0.2) is 22.5 Å². The van der Waals surface area contributed by atoms with Gasteiger partial charge in [0.1, 0.15) is 0 Å². The smallest absolute Gasteiger partial charge is 0.273 e. The summed E-state index contributed by atoms with van der Waals surface area (Å²) in [6, 6.07) is 18.5. The quantitative estimate of drug-likeness (QED) is 0.336. The molecule has 144 valence electrons. The van der Waals surface area contributed by atoms with E-state index < -0.39 is 0 Å². The predicted octanol–water partition coefficient (Wildman–Crippen LogP) is 4.64. The normalized spacial score (nSPS) is 11.4. The molecule has 0 fully saturated rings. The molecule has 2 amide bonds. The lowest BCUT2D eigenvalue weighted by Gasteiger charge is -2.07. The van der Waals surface area contributed by atoms with Gasteiger partial charge in [0, 0.05) is 22.8 Å². The van der Waals surface area contributed by atoms with Crippen molar-refractivity contribution in [2.75, 3.05) is 5.32 Å². The number of benzene rings is 2. The topological polar surface area (TPSA) is 86.3 Å². The van der Waals surface area contributed by atoms with Crippen molar-refractivity contribution >= 4 is 45.5 Å². The number of H-pyrrole nitrogens is 1. The molecule has 0 atom stereocenters. The number of anilines is 1. The summed E-state index contributed by atoms with van der Waals surface area (Å²) in [5.41, 5.74) is 6.13. The number of hydrogen-bond donors (Lipinski definition) is 3. The van der Waals surface area contributed by atoms with Gasteiger partial charge in [-0.3, -0.25) is 9.59 Å². The Labute approximate surface area is 171 Å². The van der Waals surface area contributed by atoms with Crippen LogP contribution < -0.4 is 10.7 Å². The van der Waals surface area contributed by atoms with Gasteiger partial charge in [-0.1, -0.05) is 36.4 Å². The van der Waals surface area contributed by atoms with Crippen LogP contribution in [0.1, 0.15) is 32.5 Å². The van der Waals surface area contributed by atoms with Gasteiger partial charge in [-0.05, 0) is 42.1 Å². The monoisotopic (exact) mass is 402 g/mol. The lowest BCUT2D eigenvalue weighted by Crippen LogP contribution is -2.19. The zero-order chi connectivity index (χ0) is 20.2. The van der Waals surface area contributed by atoms with Crippen molar-refractivity contribution in [1.82, 2.24) is 10.4 Å². The highest BCUT2D eigenvalue weighted by Gasteiger charge is 2.11. The van der Waals surface area contributed by atoms with Gasteiger partial charge in [-0.2, -0.15) is 5.10 Å². The molecule has 0 radical (unpaired) electrons. The molecule has 0 unspecified atom stereocenters. The first kappa shape index (κ1) is 18.6. The number of carbonyl (C=O) groups excluding carboxylic acids is 2. The molecule has 2 aromatic heterocycles. The number of nitrogens with one attached hydrogen (secondary N) is 3. The van der Waals surface area contributed by atoms with Crippen LogP contribution in [0.2, 0.25) is 0 Å². The van der Waals surface area contributed by atoms with E-state index in [9.17, 15) is 9.59 Å². The SMILES string of the molecule is C/C(=N\NC(=O)c1c[nH]c2ccccc12)c1cccc(NC(=O)c2cccs2)c1. The zero-order valence-corrected chi connectivity index (χ0v) is 16.4. The third-order valence-corrected chi connectivity index (χ3v) is 5.31. The number of fused-ring (bicyclic) bond motifs is 1. The summed E-state index contributed by atoms with van der Waals surface area (Å²) in [7, 11) is 0. The minimum atomic E-state index is -0.288. The average Bonchev–Trinajstić information content (AvgIpc) is 3.42. The lowest BCUT2D eigenvalue weighted by molar-refractivity contribution is 0.0955. The van der Waals surface area contributed by atoms with Crippen LogP contribution >= 0.6 is 11.3 Å². The number of carbonyl (C=O) groups is 2. The van der Waals surface area contributed by atoms with Gasteiger partial charge in [0.2, 0.25) is 0 Å². The molecule has 0 aliphatic heterocycles. The lowest BCUT2D eigenvalue weighted by atomic mass is 10.1. The van der Waals surface area contributed by atoms with Gasteiger partial charge in [0.05, 0.1) is 16.2 Å². The Bertz CT molecular complexity index is 1210. The second-order valence-corrected chi connectivity index (χ2v) is 7.35. The van der Waals surface area contributed by atoms with Crippen molar-refractivity contribution in [3.8, 4) is 0 Å². The van der Waals surface area contributed by atoms with Crippen molar-refractivity contribution in [1.29, 1.82) is 0 Å². The first-order valence-electron chi connectivity index (χ1n) is 8.98. The minimum Gasteiger partial charge on any atom is -0.360 e. The maximum atomic E-state index is 12.5. The van der Waals surface area contributed by atoms with Crippen LogP contribution in [0.4, 0.5) is 5.69 Å². The molecule has 7 heteroatoms. The van der Waals surface area contributed by atoms with Crippen LogP contribution in [0.5, 0.6) is 0 Å². The highest BCUT2D eigenvalue weighted by molar-refractivity contribution is 7.12. The predicted molar refractivity (Wildman–Crippen MR) is 117 cm³/mol. The average molecular weight is 402 g/mol. The van der Waals surface area contributed by atoms with Crippen molar-refractivity contribution in [2.45, 2.75) is 6.92 Å². The molecule has 0 saturated heterocycles. The Balaban J connectivity index is 1.47. The number of hydrogen-bond acceptors (Lipinski definition) is 4. The first-order chi connectivity index (χ1) is 14.1. The zero-order valence-electron chi connectivity index (χ0n) is 15.6. The van der Waals surface area contributed by atoms with E-state index in [1.165, 1.54) is 11.3 Å². The molecule has 3 N–H and O–H groups in total. The second-order valence-electron chi connectivity index (χ2n) is 6.40. The molecule has 4 aromatic rings. The molecule has 6 nitrogen and oxygen atoms in total. The van der Waals surface area contributed by atoms with Gasteiger partial charge in [-0.15, -0.1) is 11.3 Å². The van der Waals surface area contributed by atoms with E-state index in [2.05, 4.69) is 20.8 Å². The van der Waals surface area contributed by atoms with E-state index >= 15 is 0 Å². The third-order valence-electron chi connectivity index (χ3n) is 4.44. The Morgan fingerprint density at radius 1 is 1.00 bits per heavy atom. The fraction of sp³-hybridized carbons (Fsp3) is 0.0455. The van der Waals surface area contributed by atoms with Crippen LogP contribution in [-0.2, 0) is 0 Å². The summed E-state index contributed by atoms with van der Waals surface area (Å²) in [5.74, 6) is -0.441. The molecular weight excluding hydrogens is 384 g/mol. The molecule has 0 aliphatic rings. The van der Waals surface area contributed by atoms with Gasteiger partial charge >= 0.3 is 0 Å². The van der Waals surface area contributed by atoms with Gasteiger partial charge in [-0.25, -0.2) is 5.43 Å². The summed E-state index contributed by atoms with van der Waals surface area (Å²) in [6.07, 6.45) is 1.67. The van der Waals surface area contributed by atoms with Gasteiger partial charge < -0.3 is 10.3 Å². The highest BCUT2D eigenvalue weighted by Crippen LogP contribution is 2.18. The van der Waals surface area contributed by atoms with Crippen LogP contribution in [0.25, 0.3) is 10.9 Å². The fourth-order valence-corrected chi connectivity index (χ4v) is 3.56. The summed E-state index contributed by atoms with van der Waals surface area (Å²) < 4.78 is 0. The van der Waals surface area contributed by atoms with Crippen LogP contribution in [0, 0.1) is 0 Å². The molecule has 0 saturated carbocycles. The number of hydrazone groups is 1. The van der Waals surface area contributed by atoms with Crippen molar-refractivity contribution < 1.29 is 9.59 Å². The Morgan fingerprint density at radius 2 is 1.86 bits per heavy atom. The first-order valence-corrected chi connectivity index (χ1v) is 9.86. The number of aromatic nitrogens is 1. The number of thiophene rings is 1. The van der Waals surface area contributed by atoms with E-state index in [-0.39, 0.29) is 11.8 Å². The van der Waals surface area contributed by atoms with Crippen molar-refractivity contribution in [3.05, 3.63) is 88.2 Å². The Kier molecular flexibility index (Phi) is 5.22. The molecule has 2 aromatic carbocycles. The molecule has 4 rings (SSSR count). The largest absolute Gasteiger partial charge is 0.360 e. The van der Waals surface area contributed by atoms with E-state index in [1.807, 2.05) is 60.0 Å². The number of nitrogens with zero attached hydrogens (tertiary/aromatic N) is 1. The Hall–Kier alpha value is -3.71. The van der Waals surface area contributed by atoms with E-state index in [0.717, 1.165) is 16.5 Å². The number of aromatic amines is 1. The fourth-order valence-electron chi connectivity index (χ4n) is 2.94. The van der Waals surface area contributed by atoms with Crippen molar-refractivity contribution in [2.24, 2.45) is 5.10 Å². The Morgan fingerprint density at radius 3 is 2.69 bits per heavy atom. The maximum Gasteiger partial charge on any atom is 0.273 e. The maximum absolute atomic E-state index is 12.5. The highest BCUT2D eigenvalue weighted by atomic mass is 32.1. The van der Waals surface area contributed by atoms with Crippen molar-refractivity contribution in [3.63, 3.8) is 0 Å². The van der Waals surface area contributed by atoms with Crippen LogP contribution in [0.3, 0.4) is 0 Å². The second kappa shape index (κ2) is 8.12. The molecule has 29 heavy (non-hydrogen) atoms. The molecular formula is C22H18N4O2S. The number of para-hydroxylation sites is 1. The van der Waals surface area contributed by atoms with Crippen LogP contribution in [0.15, 0.2) is 77.3 Å². The summed E-state index contributed by atoms with van der Waals surface area (Å²) in [5, 5.41) is 9.80. The summed E-state index contributed by atoms with van der Waals surface area (Å²) in [4.78, 5) is 28.4. The van der Waals surface area contributed by atoms with E-state index in [4.69, 9.17) is 0 Å². The van der Waals surface area contributed by atoms with Gasteiger partial charge in [0.25, 0.3) is 11.8 Å². The molecule has 2 heterocycles. The number of rotatable bonds is 5. The van der Waals surface area contributed by atoms with E-state index in [0.29, 0.717) is 21.8 Å². The standard InChI is InChI=1S/C22H18N4O2S/c1-14(25-26-21(27)18-13-23-19-9-3-2-8-17(18)19)15-6-4-7-16(12-15)24-22(28)20-10-5-11-29-20/h2-13,23H,1H3,(H,24,28)(H,26,27)/b25-14+. The third kappa shape index (κ3) is 4.09. The molecule has 0 spiro atoms. The molecule has 0 aliphatic carbocycles. The summed E-state index contributed by atoms with van der Waals surface area (Å²) in [6.45, 7) is 1.80.